The molecule has 1 fully saturated rings. The van der Waals surface area contributed by atoms with Crippen molar-refractivity contribution < 1.29 is 21.9 Å². The third-order valence-corrected chi connectivity index (χ3v) is 7.64. The maximum absolute atomic E-state index is 11.8. The zero-order valence-electron chi connectivity index (χ0n) is 16.5. The molecule has 0 aromatic carbocycles. The first-order valence-corrected chi connectivity index (χ1v) is 12.5. The van der Waals surface area contributed by atoms with Crippen LogP contribution in [-0.2, 0) is 19.7 Å². The third kappa shape index (κ3) is 6.48. The molecular weight excluding hydrogens is 374 g/mol. The van der Waals surface area contributed by atoms with Crippen LogP contribution in [0.25, 0.3) is 0 Å². The first-order chi connectivity index (χ1) is 11.5. The molecule has 0 heterocycles. The highest BCUT2D eigenvalue weighted by molar-refractivity contribution is 7.94. The monoisotopic (exact) mass is 407 g/mol. The van der Waals surface area contributed by atoms with Crippen molar-refractivity contribution in [3.63, 3.8) is 0 Å². The van der Waals surface area contributed by atoms with E-state index in [-0.39, 0.29) is 34.4 Å². The average Bonchev–Trinajstić information content (AvgIpc) is 2.43. The van der Waals surface area contributed by atoms with Crippen molar-refractivity contribution in [2.24, 2.45) is 11.3 Å². The zero-order chi connectivity index (χ0) is 20.5. The van der Waals surface area contributed by atoms with E-state index in [0.29, 0.717) is 18.8 Å². The van der Waals surface area contributed by atoms with Gasteiger partial charge in [-0.15, -0.1) is 0 Å². The van der Waals surface area contributed by atoms with Gasteiger partial charge in [-0.2, -0.15) is 0 Å². The Morgan fingerprint density at radius 1 is 1.00 bits per heavy atom. The van der Waals surface area contributed by atoms with Crippen molar-refractivity contribution in [2.45, 2.75) is 52.2 Å². The van der Waals surface area contributed by atoms with Crippen LogP contribution in [0.1, 0.15) is 40.0 Å². The van der Waals surface area contributed by atoms with E-state index in [0.717, 1.165) is 18.9 Å². The minimum absolute atomic E-state index is 0.00360. The molecule has 0 saturated heterocycles. The lowest BCUT2D eigenvalue weighted by molar-refractivity contribution is -0.00958. The summed E-state index contributed by atoms with van der Waals surface area (Å²) in [4.78, 5) is 1.71. The van der Waals surface area contributed by atoms with Gasteiger partial charge in [0.05, 0.1) is 15.9 Å². The summed E-state index contributed by atoms with van der Waals surface area (Å²) in [7, 11) is -6.93. The van der Waals surface area contributed by atoms with E-state index in [1.807, 2.05) is 0 Å². The maximum atomic E-state index is 11.8. The van der Waals surface area contributed by atoms with Gasteiger partial charge in [0.25, 0.3) is 0 Å². The molecule has 1 aliphatic rings. The maximum Gasteiger partial charge on any atom is 0.172 e. The molecule has 1 rings (SSSR count). The predicted molar refractivity (Wildman–Crippen MR) is 106 cm³/mol. The van der Waals surface area contributed by atoms with Gasteiger partial charge in [0.2, 0.25) is 0 Å². The SMILES string of the molecule is C=C(CN(CC(=C)S(C)(=O)=O)C1CC(C(C)(C)C)CCC1O)S(C)(=O)=O. The fourth-order valence-electron chi connectivity index (χ4n) is 3.29. The van der Waals surface area contributed by atoms with Gasteiger partial charge < -0.3 is 5.11 Å². The van der Waals surface area contributed by atoms with Crippen LogP contribution in [-0.4, -0.2) is 64.6 Å². The van der Waals surface area contributed by atoms with Crippen molar-refractivity contribution in [3.05, 3.63) is 23.0 Å². The standard InChI is InChI=1S/C18H33NO5S2/c1-13(25(6,21)22)11-19(12-14(2)26(7,23)24)16-10-15(18(3,4)5)8-9-17(16)20/h15-17,20H,1-2,8-12H2,3-7H3. The summed E-state index contributed by atoms with van der Waals surface area (Å²) in [6, 6.07) is -0.343. The molecule has 1 aliphatic carbocycles. The number of hydrogen-bond donors (Lipinski definition) is 1. The zero-order valence-corrected chi connectivity index (χ0v) is 18.2. The van der Waals surface area contributed by atoms with Gasteiger partial charge in [-0.05, 0) is 30.6 Å². The number of rotatable bonds is 7. The van der Waals surface area contributed by atoms with Crippen molar-refractivity contribution in [1.29, 1.82) is 0 Å². The molecule has 0 aromatic heterocycles. The van der Waals surface area contributed by atoms with E-state index in [1.54, 1.807) is 4.90 Å². The molecule has 3 unspecified atom stereocenters. The number of aliphatic hydroxyl groups is 1. The Bertz CT molecular complexity index is 701. The first kappa shape index (κ1) is 23.3. The van der Waals surface area contributed by atoms with Gasteiger partial charge in [-0.25, -0.2) is 16.8 Å². The van der Waals surface area contributed by atoms with E-state index >= 15 is 0 Å². The van der Waals surface area contributed by atoms with Crippen LogP contribution in [0.2, 0.25) is 0 Å². The van der Waals surface area contributed by atoms with Gasteiger partial charge >= 0.3 is 0 Å². The van der Waals surface area contributed by atoms with Gasteiger partial charge in [-0.3, -0.25) is 4.90 Å². The van der Waals surface area contributed by atoms with Crippen LogP contribution in [0, 0.1) is 11.3 Å². The van der Waals surface area contributed by atoms with Crippen molar-refractivity contribution in [3.8, 4) is 0 Å². The molecule has 0 aliphatic heterocycles. The third-order valence-electron chi connectivity index (χ3n) is 5.28. The van der Waals surface area contributed by atoms with Crippen molar-refractivity contribution in [2.75, 3.05) is 25.6 Å². The highest BCUT2D eigenvalue weighted by Crippen LogP contribution is 2.39. The van der Waals surface area contributed by atoms with E-state index in [1.165, 1.54) is 0 Å². The molecule has 6 nitrogen and oxygen atoms in total. The van der Waals surface area contributed by atoms with Crippen LogP contribution in [0.15, 0.2) is 23.0 Å². The summed E-state index contributed by atoms with van der Waals surface area (Å²) in [5, 5.41) is 10.6. The van der Waals surface area contributed by atoms with Gasteiger partial charge in [0, 0.05) is 31.6 Å². The van der Waals surface area contributed by atoms with Gasteiger partial charge in [-0.1, -0.05) is 33.9 Å². The lowest BCUT2D eigenvalue weighted by Gasteiger charge is -2.44. The molecule has 0 bridgehead atoms. The molecule has 0 spiro atoms. The van der Waals surface area contributed by atoms with E-state index in [9.17, 15) is 21.9 Å². The molecule has 0 amide bonds. The lowest BCUT2D eigenvalue weighted by Crippen LogP contribution is -2.50. The Hall–Kier alpha value is -0.700. The van der Waals surface area contributed by atoms with Crippen molar-refractivity contribution >= 4 is 19.7 Å². The highest BCUT2D eigenvalue weighted by Gasteiger charge is 2.38. The van der Waals surface area contributed by atoms with Gasteiger partial charge in [0.15, 0.2) is 19.7 Å². The number of sulfone groups is 2. The normalized spacial score (nSPS) is 25.3. The summed E-state index contributed by atoms with van der Waals surface area (Å²) < 4.78 is 47.2. The van der Waals surface area contributed by atoms with E-state index in [2.05, 4.69) is 33.9 Å². The lowest BCUT2D eigenvalue weighted by atomic mass is 9.70. The Labute approximate surface area is 158 Å². The fraction of sp³-hybridized carbons (Fsp3) is 0.778. The largest absolute Gasteiger partial charge is 0.391 e. The van der Waals surface area contributed by atoms with Crippen LogP contribution < -0.4 is 0 Å². The second-order valence-corrected chi connectivity index (χ2v) is 12.8. The molecule has 152 valence electrons. The molecule has 26 heavy (non-hydrogen) atoms. The Morgan fingerprint density at radius 2 is 1.42 bits per heavy atom. The fourth-order valence-corrected chi connectivity index (χ4v) is 4.09. The van der Waals surface area contributed by atoms with Crippen LogP contribution >= 0.6 is 0 Å². The first-order valence-electron chi connectivity index (χ1n) is 8.71. The molecule has 8 heteroatoms. The molecule has 1 saturated carbocycles. The average molecular weight is 408 g/mol. The molecule has 3 atom stereocenters. The summed E-state index contributed by atoms with van der Waals surface area (Å²) in [6.45, 7) is 13.6. The second kappa shape index (κ2) is 8.12. The second-order valence-electron chi connectivity index (χ2n) is 8.54. The minimum Gasteiger partial charge on any atom is -0.391 e. The Morgan fingerprint density at radius 3 is 1.77 bits per heavy atom. The van der Waals surface area contributed by atoms with Crippen LogP contribution in [0.4, 0.5) is 0 Å². The summed E-state index contributed by atoms with van der Waals surface area (Å²) >= 11 is 0. The van der Waals surface area contributed by atoms with E-state index in [4.69, 9.17) is 0 Å². The summed E-state index contributed by atoms with van der Waals surface area (Å²) in [5.41, 5.74) is 0.0474. The summed E-state index contributed by atoms with van der Waals surface area (Å²) in [6.07, 6.45) is 3.66. The van der Waals surface area contributed by atoms with Crippen LogP contribution in [0.5, 0.6) is 0 Å². The number of hydrogen-bond acceptors (Lipinski definition) is 6. The minimum atomic E-state index is -3.46. The summed E-state index contributed by atoms with van der Waals surface area (Å²) in [5.74, 6) is 0.344. The Balaban J connectivity index is 3.16. The van der Waals surface area contributed by atoms with Crippen LogP contribution in [0.3, 0.4) is 0 Å². The quantitative estimate of drug-likeness (QED) is 0.694. The topological polar surface area (TPSA) is 91.8 Å². The van der Waals surface area contributed by atoms with E-state index < -0.39 is 25.8 Å². The number of nitrogens with zero attached hydrogens (tertiary/aromatic N) is 1. The molecular formula is C18H33NO5S2. The number of aliphatic hydroxyl groups excluding tert-OH is 1. The van der Waals surface area contributed by atoms with Crippen molar-refractivity contribution in [1.82, 2.24) is 4.90 Å². The molecule has 0 radical (unpaired) electrons. The Kier molecular flexibility index (Phi) is 7.29. The van der Waals surface area contributed by atoms with Gasteiger partial charge in [0.1, 0.15) is 0 Å². The smallest absolute Gasteiger partial charge is 0.172 e. The molecule has 0 aromatic rings. The molecule has 1 N–H and O–H groups in total. The predicted octanol–water partition coefficient (Wildman–Crippen LogP) is 1.98. The highest BCUT2D eigenvalue weighted by atomic mass is 32.2.